The molecule has 0 aromatic heterocycles. The zero-order valence-electron chi connectivity index (χ0n) is 15.9. The number of hydrogen-bond acceptors (Lipinski definition) is 3. The van der Waals surface area contributed by atoms with E-state index in [0.29, 0.717) is 6.54 Å². The Balaban J connectivity index is 1.54. The van der Waals surface area contributed by atoms with Crippen LogP contribution >= 0.6 is 0 Å². The summed E-state index contributed by atoms with van der Waals surface area (Å²) in [4.78, 5) is 12.1. The number of aryl methyl sites for hydroxylation is 2. The van der Waals surface area contributed by atoms with Crippen LogP contribution in [-0.4, -0.2) is 12.5 Å². The monoisotopic (exact) mass is 352 g/mol. The fourth-order valence-electron chi connectivity index (χ4n) is 3.63. The minimum absolute atomic E-state index is 0.0239. The first-order valence-electron chi connectivity index (χ1n) is 9.23. The molecule has 0 atom stereocenters. The number of nitrogens with one attached hydrogen (secondary N) is 1. The second kappa shape index (κ2) is 7.40. The first kappa shape index (κ1) is 18.3. The molecule has 0 fully saturated rings. The quantitative estimate of drug-likeness (QED) is 0.803. The molecule has 138 valence electrons. The average Bonchev–Trinajstić information content (AvgIpc) is 2.60. The van der Waals surface area contributed by atoms with E-state index in [0.717, 1.165) is 29.0 Å². The minimum atomic E-state index is -0.127. The van der Waals surface area contributed by atoms with Crippen molar-refractivity contribution in [1.29, 1.82) is 0 Å². The summed E-state index contributed by atoms with van der Waals surface area (Å²) < 4.78 is 5.70. The van der Waals surface area contributed by atoms with Crippen molar-refractivity contribution in [2.24, 2.45) is 0 Å². The van der Waals surface area contributed by atoms with E-state index in [1.807, 2.05) is 31.2 Å². The van der Waals surface area contributed by atoms with E-state index in [-0.39, 0.29) is 17.9 Å². The number of carbonyl (C=O) groups excluding carboxylic acids is 1. The van der Waals surface area contributed by atoms with E-state index in [1.165, 1.54) is 24.0 Å². The number of rotatable bonds is 5. The van der Waals surface area contributed by atoms with Gasteiger partial charge in [-0.15, -0.1) is 0 Å². The van der Waals surface area contributed by atoms with E-state index in [2.05, 4.69) is 31.3 Å². The zero-order chi connectivity index (χ0) is 18.7. The largest absolute Gasteiger partial charge is 0.484 e. The van der Waals surface area contributed by atoms with Crippen molar-refractivity contribution in [2.45, 2.75) is 52.0 Å². The van der Waals surface area contributed by atoms with Gasteiger partial charge in [-0.2, -0.15) is 0 Å². The van der Waals surface area contributed by atoms with Crippen LogP contribution in [0.4, 0.5) is 5.69 Å². The van der Waals surface area contributed by atoms with Crippen molar-refractivity contribution in [3.63, 3.8) is 0 Å². The molecule has 3 rings (SSSR count). The number of ether oxygens (including phenoxy) is 1. The van der Waals surface area contributed by atoms with Crippen LogP contribution in [-0.2, 0) is 23.2 Å². The Morgan fingerprint density at radius 3 is 2.81 bits per heavy atom. The summed E-state index contributed by atoms with van der Waals surface area (Å²) in [5.74, 6) is 0.637. The predicted octanol–water partition coefficient (Wildman–Crippen LogP) is 3.89. The standard InChI is InChI=1S/C22H28N2O2/c1-15-11-16(6-9-20(15)23)13-24-21(25)14-26-18-7-8-19-17(12-18)5-4-10-22(19,2)3/h6-9,11-12H,4-5,10,13-14,23H2,1-3H3,(H,24,25). The third-order valence-corrected chi connectivity index (χ3v) is 5.25. The first-order valence-corrected chi connectivity index (χ1v) is 9.23. The van der Waals surface area contributed by atoms with Crippen molar-refractivity contribution in [2.75, 3.05) is 12.3 Å². The fraction of sp³-hybridized carbons (Fsp3) is 0.409. The number of carbonyl (C=O) groups is 1. The molecule has 0 aliphatic heterocycles. The first-order chi connectivity index (χ1) is 12.3. The molecule has 2 aromatic rings. The topological polar surface area (TPSA) is 64.3 Å². The summed E-state index contributed by atoms with van der Waals surface area (Å²) in [6.07, 6.45) is 3.50. The Labute approximate surface area is 155 Å². The summed E-state index contributed by atoms with van der Waals surface area (Å²) in [6.45, 7) is 7.04. The molecule has 0 saturated carbocycles. The molecule has 0 bridgehead atoms. The molecule has 1 aliphatic carbocycles. The molecule has 0 radical (unpaired) electrons. The highest BCUT2D eigenvalue weighted by atomic mass is 16.5. The molecule has 3 N–H and O–H groups in total. The van der Waals surface area contributed by atoms with E-state index in [4.69, 9.17) is 10.5 Å². The maximum absolute atomic E-state index is 12.1. The van der Waals surface area contributed by atoms with Gasteiger partial charge >= 0.3 is 0 Å². The number of nitrogens with two attached hydrogens (primary N) is 1. The fourth-order valence-corrected chi connectivity index (χ4v) is 3.63. The van der Waals surface area contributed by atoms with Gasteiger partial charge in [-0.1, -0.05) is 32.0 Å². The number of nitrogen functional groups attached to an aromatic ring is 1. The summed E-state index contributed by atoms with van der Waals surface area (Å²) in [6, 6.07) is 12.0. The van der Waals surface area contributed by atoms with Gasteiger partial charge in [0.1, 0.15) is 5.75 Å². The molecule has 26 heavy (non-hydrogen) atoms. The van der Waals surface area contributed by atoms with Crippen LogP contribution in [0, 0.1) is 6.92 Å². The summed E-state index contributed by atoms with van der Waals surface area (Å²) >= 11 is 0. The predicted molar refractivity (Wildman–Crippen MR) is 105 cm³/mol. The summed E-state index contributed by atoms with van der Waals surface area (Å²) in [5, 5.41) is 2.89. The third kappa shape index (κ3) is 4.18. The molecule has 0 unspecified atom stereocenters. The lowest BCUT2D eigenvalue weighted by Crippen LogP contribution is -2.28. The minimum Gasteiger partial charge on any atom is -0.484 e. The van der Waals surface area contributed by atoms with Crippen LogP contribution < -0.4 is 15.8 Å². The van der Waals surface area contributed by atoms with Crippen LogP contribution in [0.25, 0.3) is 0 Å². The second-order valence-electron chi connectivity index (χ2n) is 7.81. The number of anilines is 1. The van der Waals surface area contributed by atoms with Gasteiger partial charge in [0.25, 0.3) is 5.91 Å². The SMILES string of the molecule is Cc1cc(CNC(=O)COc2ccc3c(c2)CCCC3(C)C)ccc1N. The van der Waals surface area contributed by atoms with Gasteiger partial charge < -0.3 is 15.8 Å². The van der Waals surface area contributed by atoms with Crippen molar-refractivity contribution in [3.05, 3.63) is 58.7 Å². The van der Waals surface area contributed by atoms with Crippen molar-refractivity contribution in [3.8, 4) is 5.75 Å². The van der Waals surface area contributed by atoms with Crippen LogP contribution in [0.5, 0.6) is 5.75 Å². The Morgan fingerprint density at radius 2 is 2.04 bits per heavy atom. The highest BCUT2D eigenvalue weighted by Crippen LogP contribution is 2.38. The average molecular weight is 352 g/mol. The molecule has 4 heteroatoms. The van der Waals surface area contributed by atoms with E-state index in [9.17, 15) is 4.79 Å². The summed E-state index contributed by atoms with van der Waals surface area (Å²) in [5.41, 5.74) is 11.6. The van der Waals surface area contributed by atoms with Crippen LogP contribution in [0.1, 0.15) is 48.9 Å². The second-order valence-corrected chi connectivity index (χ2v) is 7.81. The van der Waals surface area contributed by atoms with E-state index >= 15 is 0 Å². The zero-order valence-corrected chi connectivity index (χ0v) is 15.9. The third-order valence-electron chi connectivity index (χ3n) is 5.25. The van der Waals surface area contributed by atoms with E-state index < -0.39 is 0 Å². The molecular weight excluding hydrogens is 324 g/mol. The molecule has 1 aliphatic rings. The molecular formula is C22H28N2O2. The van der Waals surface area contributed by atoms with Crippen molar-refractivity contribution >= 4 is 11.6 Å². The lowest BCUT2D eigenvalue weighted by molar-refractivity contribution is -0.123. The van der Waals surface area contributed by atoms with Gasteiger partial charge in [0.15, 0.2) is 6.61 Å². The lowest BCUT2D eigenvalue weighted by Gasteiger charge is -2.32. The Kier molecular flexibility index (Phi) is 5.21. The Bertz CT molecular complexity index is 812. The van der Waals surface area contributed by atoms with Crippen molar-refractivity contribution < 1.29 is 9.53 Å². The molecule has 0 heterocycles. The molecule has 0 saturated heterocycles. The summed E-state index contributed by atoms with van der Waals surface area (Å²) in [7, 11) is 0. The molecule has 4 nitrogen and oxygen atoms in total. The smallest absolute Gasteiger partial charge is 0.258 e. The Hall–Kier alpha value is -2.49. The maximum Gasteiger partial charge on any atom is 0.258 e. The Morgan fingerprint density at radius 1 is 1.23 bits per heavy atom. The molecule has 2 aromatic carbocycles. The maximum atomic E-state index is 12.1. The van der Waals surface area contributed by atoms with Crippen LogP contribution in [0.2, 0.25) is 0 Å². The highest BCUT2D eigenvalue weighted by Gasteiger charge is 2.27. The van der Waals surface area contributed by atoms with Crippen LogP contribution in [0.15, 0.2) is 36.4 Å². The molecule has 1 amide bonds. The number of fused-ring (bicyclic) bond motifs is 1. The highest BCUT2D eigenvalue weighted by molar-refractivity contribution is 5.77. The van der Waals surface area contributed by atoms with Crippen LogP contribution in [0.3, 0.4) is 0 Å². The molecule has 0 spiro atoms. The number of hydrogen-bond donors (Lipinski definition) is 2. The van der Waals surface area contributed by atoms with Gasteiger partial charge in [-0.25, -0.2) is 0 Å². The number of amides is 1. The van der Waals surface area contributed by atoms with E-state index in [1.54, 1.807) is 0 Å². The van der Waals surface area contributed by atoms with Gasteiger partial charge in [0.2, 0.25) is 0 Å². The van der Waals surface area contributed by atoms with Crippen molar-refractivity contribution in [1.82, 2.24) is 5.32 Å². The van der Waals surface area contributed by atoms with Gasteiger partial charge in [0.05, 0.1) is 0 Å². The van der Waals surface area contributed by atoms with Gasteiger partial charge in [0, 0.05) is 12.2 Å². The van der Waals surface area contributed by atoms with Gasteiger partial charge in [-0.05, 0) is 72.1 Å². The lowest BCUT2D eigenvalue weighted by atomic mass is 9.73. The van der Waals surface area contributed by atoms with Gasteiger partial charge in [-0.3, -0.25) is 4.79 Å². The normalized spacial score (nSPS) is 15.2. The number of benzene rings is 2.